The van der Waals surface area contributed by atoms with Gasteiger partial charge in [-0.05, 0) is 68.9 Å². The summed E-state index contributed by atoms with van der Waals surface area (Å²) in [5, 5.41) is 3.40. The molecule has 11 heteroatoms. The molecule has 9 nitrogen and oxygen atoms in total. The Hall–Kier alpha value is -3.67. The molecule has 4 rings (SSSR count). The van der Waals surface area contributed by atoms with E-state index in [1.807, 2.05) is 51.4 Å². The van der Waals surface area contributed by atoms with E-state index in [4.69, 9.17) is 4.74 Å². The zero-order valence-electron chi connectivity index (χ0n) is 23.8. The molecule has 1 aliphatic rings. The Morgan fingerprint density at radius 3 is 2.63 bits per heavy atom. The van der Waals surface area contributed by atoms with Gasteiger partial charge < -0.3 is 19.4 Å². The minimum Gasteiger partial charge on any atom is -0.496 e. The highest BCUT2D eigenvalue weighted by molar-refractivity contribution is 8.01. The number of carbonyl (C=O) groups is 3. The van der Waals surface area contributed by atoms with E-state index < -0.39 is 0 Å². The monoisotopic (exact) mass is 593 g/mol. The van der Waals surface area contributed by atoms with Gasteiger partial charge in [0.05, 0.1) is 23.1 Å². The molecule has 3 amide bonds. The third-order valence-corrected chi connectivity index (χ3v) is 8.77. The largest absolute Gasteiger partial charge is 0.496 e. The lowest BCUT2D eigenvalue weighted by Crippen LogP contribution is -2.36. The molecule has 1 aromatic heterocycles. The molecule has 0 aliphatic carbocycles. The highest BCUT2D eigenvalue weighted by Gasteiger charge is 2.25. The van der Waals surface area contributed by atoms with Gasteiger partial charge in [-0.1, -0.05) is 41.8 Å². The first kappa shape index (κ1) is 30.3. The molecule has 1 aliphatic heterocycles. The highest BCUT2D eigenvalue weighted by atomic mass is 32.2. The average Bonchev–Trinajstić information content (AvgIpc) is 3.24. The van der Waals surface area contributed by atoms with Crippen molar-refractivity contribution in [1.82, 2.24) is 19.7 Å². The summed E-state index contributed by atoms with van der Waals surface area (Å²) in [5.41, 5.74) is 3.06. The van der Waals surface area contributed by atoms with Gasteiger partial charge in [0.25, 0.3) is 11.8 Å². The number of methoxy groups -OCH3 is 1. The topological polar surface area (TPSA) is 95.1 Å². The van der Waals surface area contributed by atoms with Crippen LogP contribution in [0, 0.1) is 6.92 Å². The van der Waals surface area contributed by atoms with Crippen LogP contribution in [0.25, 0.3) is 0 Å². The van der Waals surface area contributed by atoms with Crippen LogP contribution in [-0.2, 0) is 11.3 Å². The number of anilines is 1. The maximum atomic E-state index is 13.6. The number of rotatable bonds is 9. The van der Waals surface area contributed by atoms with Gasteiger partial charge in [-0.15, -0.1) is 0 Å². The lowest BCUT2D eigenvalue weighted by molar-refractivity contribution is -0.125. The first-order chi connectivity index (χ1) is 19.7. The van der Waals surface area contributed by atoms with Crippen molar-refractivity contribution in [2.75, 3.05) is 52.7 Å². The molecule has 0 radical (unpaired) electrons. The summed E-state index contributed by atoms with van der Waals surface area (Å²) in [6, 6.07) is 11.3. The highest BCUT2D eigenvalue weighted by Crippen LogP contribution is 2.38. The number of aryl methyl sites for hydroxylation is 1. The lowest BCUT2D eigenvalue weighted by atomic mass is 10.1. The number of aromatic nitrogens is 1. The Balaban J connectivity index is 1.47. The molecular weight excluding hydrogens is 558 g/mol. The summed E-state index contributed by atoms with van der Waals surface area (Å²) in [4.78, 5) is 49.3. The quantitative estimate of drug-likeness (QED) is 0.357. The number of nitrogens with zero attached hydrogens (tertiary/aromatic N) is 4. The van der Waals surface area contributed by atoms with Crippen LogP contribution < -0.4 is 10.1 Å². The van der Waals surface area contributed by atoms with E-state index in [0.29, 0.717) is 54.6 Å². The minimum atomic E-state index is -0.212. The molecule has 1 saturated heterocycles. The summed E-state index contributed by atoms with van der Waals surface area (Å²) in [7, 11) is 5.53. The molecule has 0 spiro atoms. The maximum Gasteiger partial charge on any atom is 0.257 e. The molecule has 0 bridgehead atoms. The number of hydrogen-bond donors (Lipinski definition) is 1. The van der Waals surface area contributed by atoms with E-state index >= 15 is 0 Å². The van der Waals surface area contributed by atoms with Crippen LogP contribution in [0.2, 0.25) is 0 Å². The van der Waals surface area contributed by atoms with Crippen LogP contribution in [-0.4, -0.2) is 84.8 Å². The molecule has 41 heavy (non-hydrogen) atoms. The van der Waals surface area contributed by atoms with Gasteiger partial charge in [0, 0.05) is 43.2 Å². The Labute approximate surface area is 249 Å². The van der Waals surface area contributed by atoms with Crippen molar-refractivity contribution in [3.63, 3.8) is 0 Å². The van der Waals surface area contributed by atoms with Gasteiger partial charge in [0.15, 0.2) is 5.13 Å². The van der Waals surface area contributed by atoms with Crippen LogP contribution in [0.3, 0.4) is 0 Å². The van der Waals surface area contributed by atoms with E-state index in [-0.39, 0.29) is 17.7 Å². The van der Waals surface area contributed by atoms with Crippen LogP contribution in [0.15, 0.2) is 64.4 Å². The van der Waals surface area contributed by atoms with E-state index in [2.05, 4.69) is 21.8 Å². The maximum absolute atomic E-state index is 13.6. The predicted octanol–water partition coefficient (Wildman–Crippen LogP) is 4.79. The Bertz CT molecular complexity index is 1440. The Morgan fingerprint density at radius 1 is 1.15 bits per heavy atom. The zero-order chi connectivity index (χ0) is 29.5. The molecule has 3 aromatic rings. The van der Waals surface area contributed by atoms with Crippen molar-refractivity contribution in [2.45, 2.75) is 29.0 Å². The van der Waals surface area contributed by atoms with Crippen LogP contribution in [0.1, 0.15) is 38.3 Å². The standard InChI is InChI=1S/C30H35N5O4S2/c1-6-26(36)34-11-8-12-35(14-13-34)29(38)23-17-25(20(2)15-24(23)39-5)40-27-18-31-30(41-27)32-28(37)22-10-7-9-21(16-22)19-33(3)4/h6-7,9-10,15-18H,1,8,11-14,19H2,2-5H3,(H,31,32,37). The summed E-state index contributed by atoms with van der Waals surface area (Å²) in [6.07, 6.45) is 3.72. The Kier molecular flexibility index (Phi) is 10.2. The van der Waals surface area contributed by atoms with Crippen molar-refractivity contribution in [2.24, 2.45) is 0 Å². The number of amides is 3. The Morgan fingerprint density at radius 2 is 1.90 bits per heavy atom. The molecule has 2 heterocycles. The van der Waals surface area contributed by atoms with Crippen molar-refractivity contribution in [1.29, 1.82) is 0 Å². The molecule has 216 valence electrons. The van der Waals surface area contributed by atoms with E-state index in [0.717, 1.165) is 26.8 Å². The van der Waals surface area contributed by atoms with Crippen molar-refractivity contribution >= 4 is 46.0 Å². The molecule has 1 fully saturated rings. The van der Waals surface area contributed by atoms with E-state index in [1.165, 1.54) is 29.2 Å². The summed E-state index contributed by atoms with van der Waals surface area (Å²) < 4.78 is 6.45. The molecule has 1 N–H and O–H groups in total. The number of ether oxygens (including phenoxy) is 1. The predicted molar refractivity (Wildman–Crippen MR) is 163 cm³/mol. The summed E-state index contributed by atoms with van der Waals surface area (Å²) in [5.74, 6) is 0.0407. The average molecular weight is 594 g/mol. The van der Waals surface area contributed by atoms with Crippen LogP contribution in [0.4, 0.5) is 5.13 Å². The van der Waals surface area contributed by atoms with Gasteiger partial charge in [0.1, 0.15) is 5.75 Å². The fourth-order valence-corrected chi connectivity index (χ4v) is 6.50. The third-order valence-electron chi connectivity index (χ3n) is 6.60. The van der Waals surface area contributed by atoms with E-state index in [1.54, 1.807) is 29.2 Å². The van der Waals surface area contributed by atoms with Crippen molar-refractivity contribution in [3.8, 4) is 5.75 Å². The number of carbonyl (C=O) groups excluding carboxylic acids is 3. The molecule has 2 aromatic carbocycles. The first-order valence-corrected chi connectivity index (χ1v) is 14.9. The van der Waals surface area contributed by atoms with Gasteiger partial charge in [-0.3, -0.25) is 19.7 Å². The van der Waals surface area contributed by atoms with Gasteiger partial charge in [-0.2, -0.15) is 0 Å². The van der Waals surface area contributed by atoms with Gasteiger partial charge in [-0.25, -0.2) is 4.98 Å². The van der Waals surface area contributed by atoms with Crippen molar-refractivity contribution in [3.05, 3.63) is 77.5 Å². The van der Waals surface area contributed by atoms with Crippen molar-refractivity contribution < 1.29 is 19.1 Å². The second-order valence-corrected chi connectivity index (χ2v) is 12.3. The number of nitrogens with one attached hydrogen (secondary N) is 1. The number of hydrogen-bond acceptors (Lipinski definition) is 8. The molecular formula is C30H35N5O4S2. The first-order valence-electron chi connectivity index (χ1n) is 13.3. The second-order valence-electron chi connectivity index (χ2n) is 9.97. The lowest BCUT2D eigenvalue weighted by Gasteiger charge is -2.23. The fourth-order valence-electron chi connectivity index (χ4n) is 4.57. The SMILES string of the molecule is C=CC(=O)N1CCCN(C(=O)c2cc(Sc3cnc(NC(=O)c4cccc(CN(C)C)c4)s3)c(C)cc2OC)CC1. The number of benzene rings is 2. The van der Waals surface area contributed by atoms with Crippen LogP contribution >= 0.6 is 23.1 Å². The van der Waals surface area contributed by atoms with Crippen LogP contribution in [0.5, 0.6) is 5.75 Å². The molecule has 0 unspecified atom stereocenters. The van der Waals surface area contributed by atoms with Gasteiger partial charge in [0.2, 0.25) is 5.91 Å². The second kappa shape index (κ2) is 13.8. The number of thiazole rings is 1. The van der Waals surface area contributed by atoms with E-state index in [9.17, 15) is 14.4 Å². The third kappa shape index (κ3) is 7.75. The minimum absolute atomic E-state index is 0.121. The normalized spacial score (nSPS) is 13.6. The molecule has 0 saturated carbocycles. The molecule has 0 atom stereocenters. The fraction of sp³-hybridized carbons (Fsp3) is 0.333. The summed E-state index contributed by atoms with van der Waals surface area (Å²) >= 11 is 2.86. The van der Waals surface area contributed by atoms with Gasteiger partial charge >= 0.3 is 0 Å². The zero-order valence-corrected chi connectivity index (χ0v) is 25.4. The smallest absolute Gasteiger partial charge is 0.257 e. The summed E-state index contributed by atoms with van der Waals surface area (Å²) in [6.45, 7) is 8.32.